The lowest BCUT2D eigenvalue weighted by molar-refractivity contribution is 0.203. The predicted molar refractivity (Wildman–Crippen MR) is 57.8 cm³/mol. The van der Waals surface area contributed by atoms with Crippen molar-refractivity contribution in [1.82, 2.24) is 9.97 Å². The summed E-state index contributed by atoms with van der Waals surface area (Å²) in [6, 6.07) is 1.29. The van der Waals surface area contributed by atoms with E-state index in [0.29, 0.717) is 11.8 Å². The van der Waals surface area contributed by atoms with Gasteiger partial charge in [0.05, 0.1) is 19.3 Å². The smallest absolute Gasteiger partial charge is 0.224 e. The first-order chi connectivity index (χ1) is 7.30. The van der Waals surface area contributed by atoms with Crippen LogP contribution in [0.4, 0.5) is 11.8 Å². The highest BCUT2D eigenvalue weighted by Crippen LogP contribution is 2.06. The summed E-state index contributed by atoms with van der Waals surface area (Å²) in [7, 11) is 0. The third kappa shape index (κ3) is 3.69. The first kappa shape index (κ1) is 11.7. The number of nitrogens with one attached hydrogen (secondary N) is 2. The van der Waals surface area contributed by atoms with Crippen molar-refractivity contribution in [1.29, 1.82) is 0 Å². The van der Waals surface area contributed by atoms with Crippen molar-refractivity contribution in [3.05, 3.63) is 12.3 Å². The van der Waals surface area contributed by atoms with Crippen molar-refractivity contribution in [3.63, 3.8) is 0 Å². The topological polar surface area (TPSA) is 90.3 Å². The normalized spacial score (nSPS) is 10.4. The van der Waals surface area contributed by atoms with Gasteiger partial charge in [-0.25, -0.2) is 4.98 Å². The maximum absolute atomic E-state index is 8.88. The van der Waals surface area contributed by atoms with Gasteiger partial charge in [0.2, 0.25) is 5.95 Å². The Labute approximate surface area is 88.4 Å². The van der Waals surface area contributed by atoms with Gasteiger partial charge in [0.1, 0.15) is 5.82 Å². The Hall–Kier alpha value is -1.40. The van der Waals surface area contributed by atoms with Crippen LogP contribution < -0.4 is 10.6 Å². The Morgan fingerprint density at radius 2 is 2.13 bits per heavy atom. The number of rotatable bonds is 6. The molecule has 0 fully saturated rings. The largest absolute Gasteiger partial charge is 0.394 e. The predicted octanol–water partition coefficient (Wildman–Crippen LogP) is -0.327. The van der Waals surface area contributed by atoms with Gasteiger partial charge in [-0.1, -0.05) is 0 Å². The molecule has 0 radical (unpaired) electrons. The van der Waals surface area contributed by atoms with Gasteiger partial charge in [-0.3, -0.25) is 0 Å². The van der Waals surface area contributed by atoms with Gasteiger partial charge >= 0.3 is 0 Å². The summed E-state index contributed by atoms with van der Waals surface area (Å²) in [4.78, 5) is 8.14. The monoisotopic (exact) mass is 212 g/mol. The van der Waals surface area contributed by atoms with Crippen LogP contribution in [0.25, 0.3) is 0 Å². The summed E-state index contributed by atoms with van der Waals surface area (Å²) in [5, 5.41) is 23.6. The molecule has 0 aliphatic carbocycles. The first-order valence-electron chi connectivity index (χ1n) is 4.85. The first-order valence-corrected chi connectivity index (χ1v) is 4.85. The highest BCUT2D eigenvalue weighted by molar-refractivity contribution is 5.40. The van der Waals surface area contributed by atoms with Gasteiger partial charge in [0, 0.05) is 12.7 Å². The van der Waals surface area contributed by atoms with E-state index in [4.69, 9.17) is 10.2 Å². The molecule has 1 aromatic heterocycles. The SMILES string of the molecule is CCNc1nccc(NC(CO)CO)n1. The molecular formula is C9H16N4O2. The second-order valence-corrected chi connectivity index (χ2v) is 3.00. The summed E-state index contributed by atoms with van der Waals surface area (Å²) >= 11 is 0. The minimum Gasteiger partial charge on any atom is -0.394 e. The second kappa shape index (κ2) is 6.15. The maximum Gasteiger partial charge on any atom is 0.224 e. The van der Waals surface area contributed by atoms with Crippen molar-refractivity contribution < 1.29 is 10.2 Å². The van der Waals surface area contributed by atoms with Gasteiger partial charge in [0.15, 0.2) is 0 Å². The average Bonchev–Trinajstić information content (AvgIpc) is 2.27. The Morgan fingerprint density at radius 1 is 1.40 bits per heavy atom. The summed E-state index contributed by atoms with van der Waals surface area (Å²) in [5.41, 5.74) is 0. The van der Waals surface area contributed by atoms with Gasteiger partial charge in [0.25, 0.3) is 0 Å². The van der Waals surface area contributed by atoms with E-state index in [2.05, 4.69) is 20.6 Å². The van der Waals surface area contributed by atoms with Crippen LogP contribution in [0.1, 0.15) is 6.92 Å². The number of aliphatic hydroxyl groups is 2. The summed E-state index contributed by atoms with van der Waals surface area (Å²) in [6.45, 7) is 2.41. The van der Waals surface area contributed by atoms with Gasteiger partial charge in [-0.05, 0) is 13.0 Å². The Balaban J connectivity index is 2.64. The quantitative estimate of drug-likeness (QED) is 0.516. The molecule has 6 heteroatoms. The van der Waals surface area contributed by atoms with Gasteiger partial charge < -0.3 is 20.8 Å². The van der Waals surface area contributed by atoms with Crippen molar-refractivity contribution in [3.8, 4) is 0 Å². The fourth-order valence-corrected chi connectivity index (χ4v) is 1.04. The van der Waals surface area contributed by atoms with E-state index in [1.54, 1.807) is 12.3 Å². The maximum atomic E-state index is 8.88. The molecule has 1 aromatic rings. The van der Waals surface area contributed by atoms with Crippen LogP contribution in [-0.4, -0.2) is 46.0 Å². The van der Waals surface area contributed by atoms with Crippen LogP contribution >= 0.6 is 0 Å². The second-order valence-electron chi connectivity index (χ2n) is 3.00. The zero-order valence-corrected chi connectivity index (χ0v) is 8.64. The lowest BCUT2D eigenvalue weighted by atomic mass is 10.3. The highest BCUT2D eigenvalue weighted by atomic mass is 16.3. The average molecular weight is 212 g/mol. The Morgan fingerprint density at radius 3 is 2.73 bits per heavy atom. The molecule has 1 rings (SSSR count). The third-order valence-electron chi connectivity index (χ3n) is 1.78. The summed E-state index contributed by atoms with van der Waals surface area (Å²) < 4.78 is 0. The van der Waals surface area contributed by atoms with E-state index in [9.17, 15) is 0 Å². The molecule has 0 spiro atoms. The van der Waals surface area contributed by atoms with E-state index >= 15 is 0 Å². The molecule has 0 aromatic carbocycles. The number of aliphatic hydroxyl groups excluding tert-OH is 2. The molecule has 15 heavy (non-hydrogen) atoms. The zero-order valence-electron chi connectivity index (χ0n) is 8.64. The number of hydrogen-bond acceptors (Lipinski definition) is 6. The Kier molecular flexibility index (Phi) is 4.79. The van der Waals surface area contributed by atoms with Crippen LogP contribution in [0.15, 0.2) is 12.3 Å². The molecule has 0 saturated heterocycles. The van der Waals surface area contributed by atoms with Crippen molar-refractivity contribution in [2.75, 3.05) is 30.4 Å². The molecular weight excluding hydrogens is 196 g/mol. The zero-order chi connectivity index (χ0) is 11.1. The molecule has 0 saturated carbocycles. The van der Waals surface area contributed by atoms with Crippen LogP contribution in [0.5, 0.6) is 0 Å². The molecule has 0 unspecified atom stereocenters. The van der Waals surface area contributed by atoms with Crippen molar-refractivity contribution >= 4 is 11.8 Å². The molecule has 6 nitrogen and oxygen atoms in total. The summed E-state index contributed by atoms with van der Waals surface area (Å²) in [6.07, 6.45) is 1.61. The standard InChI is InChI=1S/C9H16N4O2/c1-2-10-9-11-4-3-8(13-9)12-7(5-14)6-15/h3-4,7,14-15H,2,5-6H2,1H3,(H2,10,11,12,13). The van der Waals surface area contributed by atoms with Crippen molar-refractivity contribution in [2.45, 2.75) is 13.0 Å². The molecule has 0 amide bonds. The molecule has 1 heterocycles. The molecule has 0 aliphatic heterocycles. The van der Waals surface area contributed by atoms with E-state index in [1.165, 1.54) is 0 Å². The summed E-state index contributed by atoms with van der Waals surface area (Å²) in [5.74, 6) is 1.10. The van der Waals surface area contributed by atoms with Crippen LogP contribution in [0.3, 0.4) is 0 Å². The van der Waals surface area contributed by atoms with Gasteiger partial charge in [-0.15, -0.1) is 0 Å². The van der Waals surface area contributed by atoms with Crippen molar-refractivity contribution in [2.24, 2.45) is 0 Å². The minimum absolute atomic E-state index is 0.142. The minimum atomic E-state index is -0.394. The molecule has 4 N–H and O–H groups in total. The Bertz CT molecular complexity index is 291. The molecule has 84 valence electrons. The molecule has 0 bridgehead atoms. The van der Waals surface area contributed by atoms with Crippen LogP contribution in [-0.2, 0) is 0 Å². The number of nitrogens with zero attached hydrogens (tertiary/aromatic N) is 2. The lowest BCUT2D eigenvalue weighted by Crippen LogP contribution is -2.28. The van der Waals surface area contributed by atoms with Crippen LogP contribution in [0.2, 0.25) is 0 Å². The lowest BCUT2D eigenvalue weighted by Gasteiger charge is -2.14. The third-order valence-corrected chi connectivity index (χ3v) is 1.78. The number of hydrogen-bond donors (Lipinski definition) is 4. The van der Waals surface area contributed by atoms with E-state index in [0.717, 1.165) is 6.54 Å². The van der Waals surface area contributed by atoms with Crippen LogP contribution in [0, 0.1) is 0 Å². The highest BCUT2D eigenvalue weighted by Gasteiger charge is 2.06. The van der Waals surface area contributed by atoms with E-state index < -0.39 is 6.04 Å². The number of anilines is 2. The molecule has 0 atom stereocenters. The molecule has 0 aliphatic rings. The fraction of sp³-hybridized carbons (Fsp3) is 0.556. The number of aromatic nitrogens is 2. The van der Waals surface area contributed by atoms with E-state index in [1.807, 2.05) is 6.92 Å². The van der Waals surface area contributed by atoms with Gasteiger partial charge in [-0.2, -0.15) is 4.98 Å². The fourth-order valence-electron chi connectivity index (χ4n) is 1.04. The van der Waals surface area contributed by atoms with E-state index in [-0.39, 0.29) is 13.2 Å².